The molecule has 4 nitrogen and oxygen atoms in total. The molecule has 0 unspecified atom stereocenters. The number of nitrogens with zero attached hydrogens (tertiary/aromatic N) is 1. The summed E-state index contributed by atoms with van der Waals surface area (Å²) in [6.45, 7) is 8.86. The molecular formula is C21H29NO3S. The maximum absolute atomic E-state index is 13.4. The normalized spacial score (nSPS) is 28.4. The lowest BCUT2D eigenvalue weighted by atomic mass is 10.1. The monoisotopic (exact) mass is 375 g/mol. The Hall–Kier alpha value is -1.62. The summed E-state index contributed by atoms with van der Waals surface area (Å²) >= 11 is 0. The van der Waals surface area contributed by atoms with Gasteiger partial charge in [-0.3, -0.25) is 4.79 Å². The number of benzene rings is 1. The van der Waals surface area contributed by atoms with E-state index < -0.39 is 9.84 Å². The predicted molar refractivity (Wildman–Crippen MR) is 104 cm³/mol. The van der Waals surface area contributed by atoms with Crippen molar-refractivity contribution >= 4 is 15.7 Å². The number of sulfone groups is 1. The maximum atomic E-state index is 13.4. The zero-order valence-corrected chi connectivity index (χ0v) is 16.9. The molecule has 1 aromatic carbocycles. The third kappa shape index (κ3) is 3.88. The van der Waals surface area contributed by atoms with Gasteiger partial charge in [0, 0.05) is 12.6 Å². The standard InChI is InChI=1S/C21H29NO3S/c1-15(2)12-18-19(21(18,3)4)20(23)22(13-16-8-6-5-7-9-16)17-10-11-26(24,25)14-17/h5-9,12,17-19H,10-11,13-14H2,1-4H3/t17-,18+,19-/m0/s1. The highest BCUT2D eigenvalue weighted by molar-refractivity contribution is 7.91. The van der Waals surface area contributed by atoms with Crippen LogP contribution in [0.4, 0.5) is 0 Å². The van der Waals surface area contributed by atoms with E-state index in [1.807, 2.05) is 35.2 Å². The van der Waals surface area contributed by atoms with Crippen LogP contribution in [0, 0.1) is 17.3 Å². The molecule has 1 heterocycles. The van der Waals surface area contributed by atoms with Gasteiger partial charge < -0.3 is 4.90 Å². The van der Waals surface area contributed by atoms with Crippen LogP contribution in [-0.4, -0.2) is 36.8 Å². The van der Waals surface area contributed by atoms with Gasteiger partial charge in [0.1, 0.15) is 0 Å². The van der Waals surface area contributed by atoms with Gasteiger partial charge >= 0.3 is 0 Å². The van der Waals surface area contributed by atoms with Crippen LogP contribution in [0.5, 0.6) is 0 Å². The average Bonchev–Trinajstić information content (AvgIpc) is 2.89. The molecule has 0 aromatic heterocycles. The molecular weight excluding hydrogens is 346 g/mol. The predicted octanol–water partition coefficient (Wildman–Crippen LogP) is 3.44. The molecule has 1 saturated heterocycles. The summed E-state index contributed by atoms with van der Waals surface area (Å²) < 4.78 is 24.0. The second-order valence-electron chi connectivity index (χ2n) is 8.58. The number of carbonyl (C=O) groups is 1. The van der Waals surface area contributed by atoms with Gasteiger partial charge in [0.2, 0.25) is 5.91 Å². The number of allylic oxidation sites excluding steroid dienone is 2. The van der Waals surface area contributed by atoms with Gasteiger partial charge in [-0.15, -0.1) is 0 Å². The van der Waals surface area contributed by atoms with Gasteiger partial charge in [-0.25, -0.2) is 8.42 Å². The minimum Gasteiger partial charge on any atom is -0.334 e. The summed E-state index contributed by atoms with van der Waals surface area (Å²) in [7, 11) is -3.04. The lowest BCUT2D eigenvalue weighted by Crippen LogP contribution is -2.42. The van der Waals surface area contributed by atoms with E-state index in [1.54, 1.807) is 0 Å². The van der Waals surface area contributed by atoms with Crippen molar-refractivity contribution in [3.8, 4) is 0 Å². The molecule has 3 rings (SSSR count). The molecule has 26 heavy (non-hydrogen) atoms. The minimum atomic E-state index is -3.04. The van der Waals surface area contributed by atoms with Crippen LogP contribution >= 0.6 is 0 Å². The van der Waals surface area contributed by atoms with Crippen molar-refractivity contribution in [2.45, 2.75) is 46.7 Å². The van der Waals surface area contributed by atoms with E-state index in [4.69, 9.17) is 0 Å². The largest absolute Gasteiger partial charge is 0.334 e. The fourth-order valence-electron chi connectivity index (χ4n) is 4.19. The Kier molecular flexibility index (Phi) is 5.04. The summed E-state index contributed by atoms with van der Waals surface area (Å²) in [5.41, 5.74) is 2.19. The summed E-state index contributed by atoms with van der Waals surface area (Å²) in [6.07, 6.45) is 2.73. The molecule has 1 aliphatic heterocycles. The molecule has 0 spiro atoms. The second-order valence-corrected chi connectivity index (χ2v) is 10.8. The Balaban J connectivity index is 1.86. The van der Waals surface area contributed by atoms with Crippen molar-refractivity contribution < 1.29 is 13.2 Å². The molecule has 142 valence electrons. The highest BCUT2D eigenvalue weighted by Crippen LogP contribution is 2.60. The smallest absolute Gasteiger partial charge is 0.227 e. The lowest BCUT2D eigenvalue weighted by molar-refractivity contribution is -0.136. The van der Waals surface area contributed by atoms with E-state index in [9.17, 15) is 13.2 Å². The molecule has 3 atom stereocenters. The molecule has 2 aliphatic rings. The summed E-state index contributed by atoms with van der Waals surface area (Å²) in [5, 5.41) is 0. The fourth-order valence-corrected chi connectivity index (χ4v) is 5.92. The summed E-state index contributed by atoms with van der Waals surface area (Å²) in [6, 6.07) is 9.64. The molecule has 5 heteroatoms. The van der Waals surface area contributed by atoms with Crippen molar-refractivity contribution in [1.29, 1.82) is 0 Å². The molecule has 0 bridgehead atoms. The zero-order chi connectivity index (χ0) is 19.1. The number of rotatable bonds is 5. The summed E-state index contributed by atoms with van der Waals surface area (Å²) in [4.78, 5) is 15.3. The summed E-state index contributed by atoms with van der Waals surface area (Å²) in [5.74, 6) is 0.539. The van der Waals surface area contributed by atoms with Crippen molar-refractivity contribution in [2.75, 3.05) is 11.5 Å². The SMILES string of the molecule is CC(C)=C[C@@H]1[C@@H](C(=O)N(Cc2ccccc2)[C@H]2CCS(=O)(=O)C2)C1(C)C. The molecule has 0 N–H and O–H groups in total. The van der Waals surface area contributed by atoms with Crippen LogP contribution in [0.1, 0.15) is 39.7 Å². The topological polar surface area (TPSA) is 54.5 Å². The molecule has 0 radical (unpaired) electrons. The fraction of sp³-hybridized carbons (Fsp3) is 0.571. The zero-order valence-electron chi connectivity index (χ0n) is 16.1. The number of hydrogen-bond acceptors (Lipinski definition) is 3. The first-order valence-electron chi connectivity index (χ1n) is 9.31. The van der Waals surface area contributed by atoms with Crippen LogP contribution in [-0.2, 0) is 21.2 Å². The van der Waals surface area contributed by atoms with Crippen molar-refractivity contribution in [1.82, 2.24) is 4.90 Å². The van der Waals surface area contributed by atoms with Gasteiger partial charge in [0.15, 0.2) is 9.84 Å². The van der Waals surface area contributed by atoms with Crippen LogP contribution in [0.25, 0.3) is 0 Å². The maximum Gasteiger partial charge on any atom is 0.227 e. The number of amides is 1. The first kappa shape index (κ1) is 19.2. The number of carbonyl (C=O) groups excluding carboxylic acids is 1. The molecule has 1 aromatic rings. The van der Waals surface area contributed by atoms with E-state index in [-0.39, 0.29) is 40.7 Å². The van der Waals surface area contributed by atoms with E-state index in [1.165, 1.54) is 5.57 Å². The van der Waals surface area contributed by atoms with Gasteiger partial charge in [-0.2, -0.15) is 0 Å². The van der Waals surface area contributed by atoms with E-state index >= 15 is 0 Å². The Morgan fingerprint density at radius 2 is 1.88 bits per heavy atom. The highest BCUT2D eigenvalue weighted by atomic mass is 32.2. The first-order chi connectivity index (χ1) is 12.1. The quantitative estimate of drug-likeness (QED) is 0.741. The van der Waals surface area contributed by atoms with Crippen molar-refractivity contribution in [3.05, 3.63) is 47.5 Å². The van der Waals surface area contributed by atoms with E-state index in [2.05, 4.69) is 33.8 Å². The second kappa shape index (κ2) is 6.84. The Labute approximate surface area is 157 Å². The molecule has 1 amide bonds. The first-order valence-corrected chi connectivity index (χ1v) is 11.1. The number of hydrogen-bond donors (Lipinski definition) is 0. The van der Waals surface area contributed by atoms with Gasteiger partial charge in [-0.05, 0) is 37.2 Å². The van der Waals surface area contributed by atoms with Crippen molar-refractivity contribution in [2.24, 2.45) is 17.3 Å². The third-order valence-electron chi connectivity index (χ3n) is 5.82. The van der Waals surface area contributed by atoms with Crippen molar-refractivity contribution in [3.63, 3.8) is 0 Å². The lowest BCUT2D eigenvalue weighted by Gasteiger charge is -2.29. The van der Waals surface area contributed by atoms with Gasteiger partial charge in [-0.1, -0.05) is 55.8 Å². The van der Waals surface area contributed by atoms with Crippen LogP contribution in [0.2, 0.25) is 0 Å². The van der Waals surface area contributed by atoms with Crippen LogP contribution in [0.15, 0.2) is 42.0 Å². The minimum absolute atomic E-state index is 0.0654. The molecule has 2 fully saturated rings. The van der Waals surface area contributed by atoms with Gasteiger partial charge in [0.05, 0.1) is 17.4 Å². The van der Waals surface area contributed by atoms with E-state index in [0.29, 0.717) is 13.0 Å². The molecule has 1 aliphatic carbocycles. The Morgan fingerprint density at radius 1 is 1.23 bits per heavy atom. The highest BCUT2D eigenvalue weighted by Gasteiger charge is 2.61. The van der Waals surface area contributed by atoms with E-state index in [0.717, 1.165) is 5.56 Å². The van der Waals surface area contributed by atoms with Crippen LogP contribution in [0.3, 0.4) is 0 Å². The van der Waals surface area contributed by atoms with Crippen LogP contribution < -0.4 is 0 Å². The molecule has 1 saturated carbocycles. The Morgan fingerprint density at radius 3 is 2.42 bits per heavy atom. The Bertz CT molecular complexity index is 807. The average molecular weight is 376 g/mol. The third-order valence-corrected chi connectivity index (χ3v) is 7.57. The van der Waals surface area contributed by atoms with Gasteiger partial charge in [0.25, 0.3) is 0 Å².